The summed E-state index contributed by atoms with van der Waals surface area (Å²) in [7, 11) is 0. The van der Waals surface area contributed by atoms with Crippen LogP contribution in [0.4, 0.5) is 10.5 Å². The number of urea groups is 1. The number of piperidine rings is 1. The van der Waals surface area contributed by atoms with Gasteiger partial charge in [0.25, 0.3) is 5.91 Å². The van der Waals surface area contributed by atoms with Crippen molar-refractivity contribution in [2.75, 3.05) is 4.90 Å². The van der Waals surface area contributed by atoms with Gasteiger partial charge < -0.3 is 10.6 Å². The van der Waals surface area contributed by atoms with Crippen LogP contribution in [0.5, 0.6) is 0 Å². The van der Waals surface area contributed by atoms with E-state index in [4.69, 9.17) is 0 Å². The van der Waals surface area contributed by atoms with E-state index in [1.54, 1.807) is 0 Å². The van der Waals surface area contributed by atoms with Crippen molar-refractivity contribution in [2.45, 2.75) is 77.4 Å². The molecule has 4 unspecified atom stereocenters. The molecule has 2 aliphatic rings. The van der Waals surface area contributed by atoms with Crippen LogP contribution in [-0.4, -0.2) is 28.6 Å². The van der Waals surface area contributed by atoms with Crippen molar-refractivity contribution in [1.82, 2.24) is 10.6 Å². The van der Waals surface area contributed by atoms with Gasteiger partial charge in [-0.15, -0.1) is 0 Å². The number of nitrogens with one attached hydrogen (secondary N) is 2. The Morgan fingerprint density at radius 2 is 1.73 bits per heavy atom. The minimum atomic E-state index is -0.872. The topological polar surface area (TPSA) is 61.4 Å². The number of hydrogen-bond donors (Lipinski definition) is 2. The summed E-state index contributed by atoms with van der Waals surface area (Å²) in [6, 6.07) is 7.23. The predicted octanol–water partition coefficient (Wildman–Crippen LogP) is 3.76. The summed E-state index contributed by atoms with van der Waals surface area (Å²) in [4.78, 5) is 27.8. The van der Waals surface area contributed by atoms with E-state index < -0.39 is 5.54 Å². The highest BCUT2D eigenvalue weighted by atomic mass is 16.2. The molecule has 0 saturated carbocycles. The fourth-order valence-electron chi connectivity index (χ4n) is 4.70. The van der Waals surface area contributed by atoms with Crippen LogP contribution < -0.4 is 15.5 Å². The molecule has 5 heteroatoms. The molecule has 2 aliphatic heterocycles. The van der Waals surface area contributed by atoms with Crippen LogP contribution in [0.15, 0.2) is 24.3 Å². The lowest BCUT2D eigenvalue weighted by Crippen LogP contribution is -2.74. The summed E-state index contributed by atoms with van der Waals surface area (Å²) in [6.45, 7) is 12.7. The van der Waals surface area contributed by atoms with Gasteiger partial charge in [-0.3, -0.25) is 4.79 Å². The molecule has 3 amide bonds. The number of imide groups is 1. The van der Waals surface area contributed by atoms with E-state index in [-0.39, 0.29) is 28.9 Å². The number of nitrogens with zero attached hydrogens (tertiary/aromatic N) is 1. The Kier molecular flexibility index (Phi) is 4.42. The summed E-state index contributed by atoms with van der Waals surface area (Å²) in [5.41, 5.74) is 0.432. The van der Waals surface area contributed by atoms with Gasteiger partial charge in [-0.05, 0) is 52.2 Å². The summed E-state index contributed by atoms with van der Waals surface area (Å²) in [6.07, 6.45) is 2.38. The zero-order chi connectivity index (χ0) is 19.3. The van der Waals surface area contributed by atoms with Crippen LogP contribution in [-0.2, 0) is 4.79 Å². The molecule has 2 N–H and O–H groups in total. The van der Waals surface area contributed by atoms with Crippen LogP contribution in [0.2, 0.25) is 0 Å². The number of aryl methyl sites for hydroxylation is 1. The van der Waals surface area contributed by atoms with E-state index in [0.29, 0.717) is 12.1 Å². The van der Waals surface area contributed by atoms with Gasteiger partial charge in [0.05, 0.1) is 5.69 Å². The minimum absolute atomic E-state index is 0.0217. The first-order valence-electron chi connectivity index (χ1n) is 9.63. The number of rotatable bonds is 3. The van der Waals surface area contributed by atoms with Crippen molar-refractivity contribution in [2.24, 2.45) is 5.92 Å². The molecule has 0 aliphatic carbocycles. The first-order valence-corrected chi connectivity index (χ1v) is 9.63. The molecule has 142 valence electrons. The SMILES string of the molecule is CCC1(C)CC2(NC(=O)N(c3ccc(C)cc3)C2=O)C(C)C(C)(CC)N1. The van der Waals surface area contributed by atoms with E-state index in [1.807, 2.05) is 31.2 Å². The van der Waals surface area contributed by atoms with E-state index in [9.17, 15) is 9.59 Å². The Labute approximate surface area is 156 Å². The van der Waals surface area contributed by atoms with Gasteiger partial charge in [-0.1, -0.05) is 38.5 Å². The van der Waals surface area contributed by atoms with Gasteiger partial charge in [0.15, 0.2) is 0 Å². The molecule has 1 spiro atoms. The van der Waals surface area contributed by atoms with Gasteiger partial charge in [-0.2, -0.15) is 0 Å². The summed E-state index contributed by atoms with van der Waals surface area (Å²) < 4.78 is 0. The third kappa shape index (κ3) is 2.64. The molecule has 3 rings (SSSR count). The predicted molar refractivity (Wildman–Crippen MR) is 104 cm³/mol. The fourth-order valence-corrected chi connectivity index (χ4v) is 4.70. The maximum absolute atomic E-state index is 13.6. The lowest BCUT2D eigenvalue weighted by molar-refractivity contribution is -0.129. The van der Waals surface area contributed by atoms with Crippen LogP contribution in [0.1, 0.15) is 59.4 Å². The van der Waals surface area contributed by atoms with Crippen molar-refractivity contribution < 1.29 is 9.59 Å². The first kappa shape index (κ1) is 18.9. The van der Waals surface area contributed by atoms with Crippen molar-refractivity contribution >= 4 is 17.6 Å². The number of carbonyl (C=O) groups is 2. The van der Waals surface area contributed by atoms with E-state index in [1.165, 1.54) is 4.90 Å². The number of carbonyl (C=O) groups excluding carboxylic acids is 2. The smallest absolute Gasteiger partial charge is 0.322 e. The molecule has 2 fully saturated rings. The zero-order valence-electron chi connectivity index (χ0n) is 16.8. The number of benzene rings is 1. The van der Waals surface area contributed by atoms with Crippen LogP contribution >= 0.6 is 0 Å². The summed E-state index contributed by atoms with van der Waals surface area (Å²) in [5, 5.41) is 6.89. The highest BCUT2D eigenvalue weighted by Gasteiger charge is 2.64. The van der Waals surface area contributed by atoms with E-state index in [0.717, 1.165) is 18.4 Å². The molecule has 0 radical (unpaired) electrons. The van der Waals surface area contributed by atoms with Gasteiger partial charge >= 0.3 is 6.03 Å². The maximum atomic E-state index is 13.6. The minimum Gasteiger partial charge on any atom is -0.322 e. The Morgan fingerprint density at radius 3 is 2.27 bits per heavy atom. The van der Waals surface area contributed by atoms with Crippen molar-refractivity contribution in [1.29, 1.82) is 0 Å². The van der Waals surface area contributed by atoms with Crippen molar-refractivity contribution in [3.63, 3.8) is 0 Å². The van der Waals surface area contributed by atoms with Crippen LogP contribution in [0.3, 0.4) is 0 Å². The second-order valence-electron chi connectivity index (χ2n) is 8.59. The monoisotopic (exact) mass is 357 g/mol. The molecule has 1 aromatic carbocycles. The highest BCUT2D eigenvalue weighted by Crippen LogP contribution is 2.46. The lowest BCUT2D eigenvalue weighted by atomic mass is 9.61. The number of hydrogen-bond acceptors (Lipinski definition) is 3. The third-order valence-corrected chi connectivity index (χ3v) is 6.88. The first-order chi connectivity index (χ1) is 12.1. The van der Waals surface area contributed by atoms with Crippen molar-refractivity contribution in [3.05, 3.63) is 29.8 Å². The fraction of sp³-hybridized carbons (Fsp3) is 0.619. The largest absolute Gasteiger partial charge is 0.329 e. The van der Waals surface area contributed by atoms with E-state index >= 15 is 0 Å². The van der Waals surface area contributed by atoms with Gasteiger partial charge in [-0.25, -0.2) is 9.69 Å². The normalized spacial score (nSPS) is 37.3. The van der Waals surface area contributed by atoms with Crippen LogP contribution in [0.25, 0.3) is 0 Å². The van der Waals surface area contributed by atoms with Gasteiger partial charge in [0.2, 0.25) is 0 Å². The standard InChI is InChI=1S/C21H31N3O2/c1-7-19(5)13-21(15(4)20(6,8-2)23-19)17(25)24(18(26)22-21)16-11-9-14(3)10-12-16/h9-12,15,23H,7-8,13H2,1-6H3,(H,22,26). The van der Waals surface area contributed by atoms with Crippen molar-refractivity contribution in [3.8, 4) is 0 Å². The second kappa shape index (κ2) is 6.08. The molecule has 26 heavy (non-hydrogen) atoms. The average Bonchev–Trinajstić information content (AvgIpc) is 2.84. The summed E-state index contributed by atoms with van der Waals surface area (Å²) >= 11 is 0. The molecule has 0 bridgehead atoms. The van der Waals surface area contributed by atoms with E-state index in [2.05, 4.69) is 45.3 Å². The molecule has 4 atom stereocenters. The molecular formula is C21H31N3O2. The number of anilines is 1. The van der Waals surface area contributed by atoms with Gasteiger partial charge in [0, 0.05) is 17.0 Å². The third-order valence-electron chi connectivity index (χ3n) is 6.88. The molecule has 5 nitrogen and oxygen atoms in total. The average molecular weight is 357 g/mol. The molecule has 2 heterocycles. The molecular weight excluding hydrogens is 326 g/mol. The Balaban J connectivity index is 2.06. The lowest BCUT2D eigenvalue weighted by Gasteiger charge is -2.56. The van der Waals surface area contributed by atoms with Crippen LogP contribution in [0, 0.1) is 12.8 Å². The molecule has 0 aromatic heterocycles. The quantitative estimate of drug-likeness (QED) is 0.810. The summed E-state index contributed by atoms with van der Waals surface area (Å²) in [5.74, 6) is -0.147. The number of amides is 3. The second-order valence-corrected chi connectivity index (χ2v) is 8.59. The Morgan fingerprint density at radius 1 is 1.12 bits per heavy atom. The van der Waals surface area contributed by atoms with Gasteiger partial charge in [0.1, 0.15) is 5.54 Å². The molecule has 2 saturated heterocycles. The Bertz CT molecular complexity index is 731. The maximum Gasteiger partial charge on any atom is 0.329 e. The zero-order valence-corrected chi connectivity index (χ0v) is 16.8. The highest BCUT2D eigenvalue weighted by molar-refractivity contribution is 6.23. The Hall–Kier alpha value is -1.88. The molecule has 1 aromatic rings.